The van der Waals surface area contributed by atoms with E-state index in [0.717, 1.165) is 11.1 Å². The zero-order valence-corrected chi connectivity index (χ0v) is 20.3. The maximum Gasteiger partial charge on any atom is 0.251 e. The van der Waals surface area contributed by atoms with Gasteiger partial charge in [0.05, 0.1) is 5.69 Å². The summed E-state index contributed by atoms with van der Waals surface area (Å²) in [6, 6.07) is 19.4. The van der Waals surface area contributed by atoms with Crippen molar-refractivity contribution < 1.29 is 23.4 Å². The molecule has 3 aromatic carbocycles. The van der Waals surface area contributed by atoms with Crippen molar-refractivity contribution in [1.82, 2.24) is 20.1 Å². The highest BCUT2D eigenvalue weighted by atomic mass is 32.2. The van der Waals surface area contributed by atoms with E-state index in [-0.39, 0.29) is 25.1 Å². The summed E-state index contributed by atoms with van der Waals surface area (Å²) in [7, 11) is 1.56. The van der Waals surface area contributed by atoms with Gasteiger partial charge in [0.2, 0.25) is 6.79 Å². The van der Waals surface area contributed by atoms with Gasteiger partial charge < -0.3 is 19.5 Å². The van der Waals surface area contributed by atoms with Crippen LogP contribution >= 0.6 is 11.8 Å². The smallest absolute Gasteiger partial charge is 0.251 e. The molecule has 184 valence electrons. The Kier molecular flexibility index (Phi) is 7.15. The van der Waals surface area contributed by atoms with Crippen LogP contribution in [0.1, 0.15) is 27.3 Å². The van der Waals surface area contributed by atoms with Crippen LogP contribution in [0.2, 0.25) is 0 Å². The van der Waals surface area contributed by atoms with E-state index in [0.29, 0.717) is 46.0 Å². The molecule has 0 spiro atoms. The minimum absolute atomic E-state index is 0.171. The van der Waals surface area contributed by atoms with E-state index in [2.05, 4.69) is 15.5 Å². The van der Waals surface area contributed by atoms with Crippen LogP contribution in [0.25, 0.3) is 5.69 Å². The quantitative estimate of drug-likeness (QED) is 0.335. The normalized spacial score (nSPS) is 12.1. The van der Waals surface area contributed by atoms with Gasteiger partial charge in [0.15, 0.2) is 22.5 Å². The molecule has 1 aliphatic rings. The zero-order chi connectivity index (χ0) is 24.9. The van der Waals surface area contributed by atoms with Crippen molar-refractivity contribution in [3.05, 3.63) is 95.1 Å². The van der Waals surface area contributed by atoms with Gasteiger partial charge in [-0.2, -0.15) is 0 Å². The third-order valence-corrected chi connectivity index (χ3v) is 6.54. The maximum absolute atomic E-state index is 14.5. The van der Waals surface area contributed by atoms with E-state index in [1.807, 2.05) is 30.3 Å². The molecule has 0 radical (unpaired) electrons. The molecule has 0 unspecified atom stereocenters. The first-order valence-corrected chi connectivity index (χ1v) is 12.2. The molecular weight excluding hydrogens is 483 g/mol. The summed E-state index contributed by atoms with van der Waals surface area (Å²) in [5.41, 5.74) is 2.84. The van der Waals surface area contributed by atoms with Crippen LogP contribution in [0, 0.1) is 5.82 Å². The number of methoxy groups -OCH3 is 1. The van der Waals surface area contributed by atoms with Gasteiger partial charge in [-0.25, -0.2) is 4.39 Å². The fourth-order valence-electron chi connectivity index (χ4n) is 3.73. The van der Waals surface area contributed by atoms with Gasteiger partial charge in [0.1, 0.15) is 12.4 Å². The molecule has 8 nitrogen and oxygen atoms in total. The zero-order valence-electron chi connectivity index (χ0n) is 19.4. The third kappa shape index (κ3) is 5.19. The highest BCUT2D eigenvalue weighted by Crippen LogP contribution is 2.32. The van der Waals surface area contributed by atoms with E-state index in [4.69, 9.17) is 14.2 Å². The predicted octanol–water partition coefficient (Wildman–Crippen LogP) is 4.50. The van der Waals surface area contributed by atoms with E-state index in [1.54, 1.807) is 42.0 Å². The van der Waals surface area contributed by atoms with Gasteiger partial charge in [-0.15, -0.1) is 10.2 Å². The lowest BCUT2D eigenvalue weighted by Crippen LogP contribution is -2.22. The van der Waals surface area contributed by atoms with Crippen LogP contribution in [0.4, 0.5) is 4.39 Å². The topological polar surface area (TPSA) is 87.5 Å². The van der Waals surface area contributed by atoms with Gasteiger partial charge in [-0.1, -0.05) is 42.1 Å². The lowest BCUT2D eigenvalue weighted by molar-refractivity contribution is 0.0951. The first-order chi connectivity index (χ1) is 17.6. The van der Waals surface area contributed by atoms with E-state index < -0.39 is 0 Å². The number of hydrogen-bond acceptors (Lipinski definition) is 7. The molecular formula is C26H23FN4O4S. The van der Waals surface area contributed by atoms with Crippen molar-refractivity contribution in [2.75, 3.05) is 13.9 Å². The number of para-hydroxylation sites is 1. The number of nitrogens with zero attached hydrogens (tertiary/aromatic N) is 3. The van der Waals surface area contributed by atoms with Crippen molar-refractivity contribution in [1.29, 1.82) is 0 Å². The Morgan fingerprint density at radius 2 is 1.83 bits per heavy atom. The van der Waals surface area contributed by atoms with Crippen LogP contribution in [0.15, 0.2) is 71.9 Å². The Labute approximate surface area is 211 Å². The molecule has 0 atom stereocenters. The van der Waals surface area contributed by atoms with Crippen LogP contribution in [-0.4, -0.2) is 34.6 Å². The number of aromatic nitrogens is 3. The van der Waals surface area contributed by atoms with Crippen LogP contribution < -0.4 is 14.8 Å². The van der Waals surface area contributed by atoms with E-state index in [1.165, 1.54) is 17.8 Å². The van der Waals surface area contributed by atoms with E-state index in [9.17, 15) is 9.18 Å². The lowest BCUT2D eigenvalue weighted by atomic mass is 10.1. The van der Waals surface area contributed by atoms with Crippen molar-refractivity contribution >= 4 is 17.7 Å². The van der Waals surface area contributed by atoms with Crippen molar-refractivity contribution in [3.8, 4) is 17.2 Å². The molecule has 1 aliphatic heterocycles. The number of ether oxygens (including phenoxy) is 3. The summed E-state index contributed by atoms with van der Waals surface area (Å²) in [5.74, 6) is 1.94. The molecule has 36 heavy (non-hydrogen) atoms. The number of halogens is 1. The Morgan fingerprint density at radius 1 is 1.06 bits per heavy atom. The summed E-state index contributed by atoms with van der Waals surface area (Å²) in [5, 5.41) is 11.9. The molecule has 1 aromatic heterocycles. The minimum Gasteiger partial charge on any atom is -0.454 e. The Balaban J connectivity index is 1.22. The summed E-state index contributed by atoms with van der Waals surface area (Å²) in [6.45, 7) is 0.798. The third-order valence-electron chi connectivity index (χ3n) is 5.54. The number of thioether (sulfide) groups is 1. The first-order valence-electron chi connectivity index (χ1n) is 11.2. The molecule has 4 aromatic rings. The molecule has 0 bridgehead atoms. The maximum atomic E-state index is 14.5. The number of rotatable bonds is 9. The molecule has 0 aliphatic carbocycles. The van der Waals surface area contributed by atoms with Crippen molar-refractivity contribution in [2.45, 2.75) is 24.1 Å². The Hall–Kier alpha value is -3.89. The second-order valence-electron chi connectivity index (χ2n) is 7.97. The standard InChI is InChI=1S/C26H23FN4O4S/c1-33-14-24-29-30-26(31(24)21-5-3-2-4-20(21)27)36-15-17-6-9-19(10-7-17)25(32)28-13-18-8-11-22-23(12-18)35-16-34-22/h2-12H,13-16H2,1H3,(H,28,32). The Morgan fingerprint density at radius 3 is 2.64 bits per heavy atom. The van der Waals surface area contributed by atoms with Crippen LogP contribution in [0.3, 0.4) is 0 Å². The molecule has 0 saturated heterocycles. The molecule has 1 N–H and O–H groups in total. The summed E-state index contributed by atoms with van der Waals surface area (Å²) in [6.07, 6.45) is 0. The average Bonchev–Trinajstić information content (AvgIpc) is 3.53. The number of fused-ring (bicyclic) bond motifs is 1. The molecule has 5 rings (SSSR count). The molecule has 0 fully saturated rings. The highest BCUT2D eigenvalue weighted by Gasteiger charge is 2.17. The number of carbonyl (C=O) groups excluding carboxylic acids is 1. The second-order valence-corrected chi connectivity index (χ2v) is 8.92. The fraction of sp³-hybridized carbons (Fsp3) is 0.192. The molecule has 0 saturated carbocycles. The SMILES string of the molecule is COCc1nnc(SCc2ccc(C(=O)NCc3ccc4c(c3)OCO4)cc2)n1-c1ccccc1F. The summed E-state index contributed by atoms with van der Waals surface area (Å²) >= 11 is 1.43. The predicted molar refractivity (Wildman–Crippen MR) is 132 cm³/mol. The number of benzene rings is 3. The van der Waals surface area contributed by atoms with Crippen molar-refractivity contribution in [2.24, 2.45) is 0 Å². The van der Waals surface area contributed by atoms with Crippen LogP contribution in [0.5, 0.6) is 11.5 Å². The monoisotopic (exact) mass is 506 g/mol. The number of amides is 1. The minimum atomic E-state index is -0.368. The number of nitrogens with one attached hydrogen (secondary N) is 1. The van der Waals surface area contributed by atoms with Crippen molar-refractivity contribution in [3.63, 3.8) is 0 Å². The van der Waals surface area contributed by atoms with Gasteiger partial charge in [0, 0.05) is 25.0 Å². The van der Waals surface area contributed by atoms with E-state index >= 15 is 0 Å². The van der Waals surface area contributed by atoms with Gasteiger partial charge in [-0.05, 0) is 47.5 Å². The van der Waals surface area contributed by atoms with Gasteiger partial charge in [-0.3, -0.25) is 9.36 Å². The van der Waals surface area contributed by atoms with Crippen LogP contribution in [-0.2, 0) is 23.6 Å². The summed E-state index contributed by atoms with van der Waals surface area (Å²) in [4.78, 5) is 12.6. The highest BCUT2D eigenvalue weighted by molar-refractivity contribution is 7.98. The first kappa shape index (κ1) is 23.8. The summed E-state index contributed by atoms with van der Waals surface area (Å²) < 4.78 is 32.1. The lowest BCUT2D eigenvalue weighted by Gasteiger charge is -2.11. The second kappa shape index (κ2) is 10.8. The number of hydrogen-bond donors (Lipinski definition) is 1. The van der Waals surface area contributed by atoms with Gasteiger partial charge >= 0.3 is 0 Å². The molecule has 2 heterocycles. The molecule has 1 amide bonds. The largest absolute Gasteiger partial charge is 0.454 e. The molecule has 10 heteroatoms. The fourth-order valence-corrected chi connectivity index (χ4v) is 4.65. The average molecular weight is 507 g/mol. The Bertz CT molecular complexity index is 1380. The number of carbonyl (C=O) groups is 1. The van der Waals surface area contributed by atoms with Gasteiger partial charge in [0.25, 0.3) is 5.91 Å².